The van der Waals surface area contributed by atoms with Crippen LogP contribution in [0.4, 0.5) is 18.9 Å². The van der Waals surface area contributed by atoms with Crippen LogP contribution >= 0.6 is 0 Å². The van der Waals surface area contributed by atoms with Crippen molar-refractivity contribution in [3.8, 4) is 5.69 Å². The van der Waals surface area contributed by atoms with Gasteiger partial charge in [-0.25, -0.2) is 4.98 Å². The van der Waals surface area contributed by atoms with Crippen molar-refractivity contribution < 1.29 is 13.2 Å². The molecule has 9 heteroatoms. The van der Waals surface area contributed by atoms with Crippen LogP contribution in [0, 0.1) is 6.07 Å². The van der Waals surface area contributed by atoms with Crippen molar-refractivity contribution in [2.24, 2.45) is 0 Å². The number of anilines is 1. The third-order valence-corrected chi connectivity index (χ3v) is 5.68. The zero-order chi connectivity index (χ0) is 20.9. The van der Waals surface area contributed by atoms with Gasteiger partial charge in [0.15, 0.2) is 0 Å². The molecular weight excluding hydrogens is 393 g/mol. The highest BCUT2D eigenvalue weighted by Crippen LogP contribution is 2.43. The van der Waals surface area contributed by atoms with Crippen LogP contribution < -0.4 is 4.90 Å². The second-order valence-electron chi connectivity index (χ2n) is 7.57. The molecule has 30 heavy (non-hydrogen) atoms. The summed E-state index contributed by atoms with van der Waals surface area (Å²) in [6.07, 6.45) is 0.529. The molecule has 3 heterocycles. The molecule has 0 unspecified atom stereocenters. The number of aromatic amines is 1. The lowest BCUT2D eigenvalue weighted by Gasteiger charge is -2.36. The summed E-state index contributed by atoms with van der Waals surface area (Å²) in [5.41, 5.74) is 1.28. The van der Waals surface area contributed by atoms with E-state index in [1.54, 1.807) is 18.5 Å². The first-order chi connectivity index (χ1) is 14.4. The van der Waals surface area contributed by atoms with Crippen molar-refractivity contribution in [2.45, 2.75) is 31.5 Å². The predicted molar refractivity (Wildman–Crippen MR) is 105 cm³/mol. The van der Waals surface area contributed by atoms with E-state index < -0.39 is 17.3 Å². The summed E-state index contributed by atoms with van der Waals surface area (Å²) < 4.78 is 39.3. The molecule has 1 N–H and O–H groups in total. The average molecular weight is 411 g/mol. The van der Waals surface area contributed by atoms with Gasteiger partial charge in [-0.3, -0.25) is 0 Å². The quantitative estimate of drug-likeness (QED) is 0.540. The Morgan fingerprint density at radius 1 is 1.17 bits per heavy atom. The number of benzene rings is 2. The van der Waals surface area contributed by atoms with Gasteiger partial charge >= 0.3 is 6.18 Å². The van der Waals surface area contributed by atoms with E-state index in [0.29, 0.717) is 22.5 Å². The predicted octanol–water partition coefficient (Wildman–Crippen LogP) is 4.48. The largest absolute Gasteiger partial charge is 0.416 e. The first-order valence-corrected chi connectivity index (χ1v) is 9.59. The van der Waals surface area contributed by atoms with Gasteiger partial charge < -0.3 is 9.88 Å². The lowest BCUT2D eigenvalue weighted by Crippen LogP contribution is -2.40. The number of aromatic nitrogens is 5. The molecule has 2 aromatic carbocycles. The number of halogens is 3. The molecule has 1 saturated heterocycles. The van der Waals surface area contributed by atoms with Crippen molar-refractivity contribution >= 4 is 16.7 Å². The lowest BCUT2D eigenvalue weighted by atomic mass is 9.97. The van der Waals surface area contributed by atoms with Crippen LogP contribution in [0.1, 0.15) is 31.2 Å². The van der Waals surface area contributed by atoms with E-state index in [-0.39, 0.29) is 0 Å². The minimum Gasteiger partial charge on any atom is -0.357 e. The van der Waals surface area contributed by atoms with E-state index >= 15 is 0 Å². The molecule has 2 aromatic heterocycles. The Labute approximate surface area is 170 Å². The van der Waals surface area contributed by atoms with Gasteiger partial charge in [-0.05, 0) is 44.0 Å². The van der Waals surface area contributed by atoms with Crippen molar-refractivity contribution in [3.63, 3.8) is 0 Å². The molecule has 1 atom stereocenters. The molecule has 0 amide bonds. The van der Waals surface area contributed by atoms with Crippen molar-refractivity contribution in [2.75, 3.05) is 11.4 Å². The van der Waals surface area contributed by atoms with Gasteiger partial charge in [0.1, 0.15) is 11.5 Å². The summed E-state index contributed by atoms with van der Waals surface area (Å²) in [7, 11) is 0. The van der Waals surface area contributed by atoms with Gasteiger partial charge in [0.2, 0.25) is 0 Å². The molecule has 153 valence electrons. The Kier molecular flexibility index (Phi) is 4.09. The van der Waals surface area contributed by atoms with Gasteiger partial charge in [-0.2, -0.15) is 23.4 Å². The van der Waals surface area contributed by atoms with Gasteiger partial charge in [0.25, 0.3) is 0 Å². The van der Waals surface area contributed by atoms with Crippen LogP contribution in [-0.4, -0.2) is 31.5 Å². The van der Waals surface area contributed by atoms with E-state index in [1.807, 2.05) is 12.1 Å². The molecule has 0 aliphatic carbocycles. The number of para-hydroxylation sites is 1. The summed E-state index contributed by atoms with van der Waals surface area (Å²) in [6, 6.07) is 12.5. The highest BCUT2D eigenvalue weighted by molar-refractivity contribution is 5.77. The molecule has 0 bridgehead atoms. The topological polar surface area (TPSA) is 62.6 Å². The van der Waals surface area contributed by atoms with Crippen molar-refractivity contribution in [1.82, 2.24) is 25.0 Å². The SMILES string of the molecule is C[C@@]1(c2nc3cc(C(F)(F)F)ccc3[nH]2)CCCN1c1ccc[c]c1-n1nccn1. The molecule has 1 aliphatic heterocycles. The van der Waals surface area contributed by atoms with Gasteiger partial charge in [-0.15, -0.1) is 4.80 Å². The number of hydrogen-bond donors (Lipinski definition) is 1. The smallest absolute Gasteiger partial charge is 0.357 e. The number of hydrogen-bond acceptors (Lipinski definition) is 4. The molecule has 1 aliphatic rings. The molecule has 4 aromatic rings. The maximum absolute atomic E-state index is 13.1. The fraction of sp³-hybridized carbons (Fsp3) is 0.286. The fourth-order valence-electron chi connectivity index (χ4n) is 4.16. The van der Waals surface area contributed by atoms with Crippen LogP contribution in [0.2, 0.25) is 0 Å². The Hall–Kier alpha value is -3.36. The second-order valence-corrected chi connectivity index (χ2v) is 7.57. The van der Waals surface area contributed by atoms with Crippen LogP contribution in [0.3, 0.4) is 0 Å². The Balaban J connectivity index is 1.59. The summed E-state index contributed by atoms with van der Waals surface area (Å²) in [5.74, 6) is 0.637. The minimum absolute atomic E-state index is 0.307. The maximum Gasteiger partial charge on any atom is 0.416 e. The number of imidazole rings is 1. The molecule has 1 radical (unpaired) electrons. The first kappa shape index (κ1) is 18.7. The molecule has 6 nitrogen and oxygen atoms in total. The summed E-state index contributed by atoms with van der Waals surface area (Å²) in [6.45, 7) is 2.82. The number of nitrogens with zero attached hydrogens (tertiary/aromatic N) is 5. The van der Waals surface area contributed by atoms with E-state index in [4.69, 9.17) is 0 Å². The van der Waals surface area contributed by atoms with E-state index in [2.05, 4.69) is 38.1 Å². The zero-order valence-electron chi connectivity index (χ0n) is 16.1. The number of H-pyrrole nitrogens is 1. The monoisotopic (exact) mass is 411 g/mol. The Bertz CT molecular complexity index is 1200. The third-order valence-electron chi connectivity index (χ3n) is 5.68. The van der Waals surface area contributed by atoms with Crippen LogP contribution in [-0.2, 0) is 11.7 Å². The summed E-state index contributed by atoms with van der Waals surface area (Å²) >= 11 is 0. The number of alkyl halides is 3. The van der Waals surface area contributed by atoms with Crippen LogP contribution in [0.25, 0.3) is 16.7 Å². The van der Waals surface area contributed by atoms with Crippen LogP contribution in [0.5, 0.6) is 0 Å². The highest BCUT2D eigenvalue weighted by Gasteiger charge is 2.42. The summed E-state index contributed by atoms with van der Waals surface area (Å²) in [5, 5.41) is 8.45. The van der Waals surface area contributed by atoms with E-state index in [1.165, 1.54) is 10.9 Å². The van der Waals surface area contributed by atoms with E-state index in [9.17, 15) is 13.2 Å². The second kappa shape index (κ2) is 6.58. The van der Waals surface area contributed by atoms with Gasteiger partial charge in [0.05, 0.1) is 40.2 Å². The van der Waals surface area contributed by atoms with Crippen LogP contribution in [0.15, 0.2) is 48.8 Å². The van der Waals surface area contributed by atoms with Crippen molar-refractivity contribution in [3.05, 3.63) is 66.2 Å². The first-order valence-electron chi connectivity index (χ1n) is 9.59. The maximum atomic E-state index is 13.1. The minimum atomic E-state index is -4.40. The van der Waals surface area contributed by atoms with Gasteiger partial charge in [0, 0.05) is 12.6 Å². The standard InChI is InChI=1S/C21H18F3N6/c1-20(19-27-15-8-7-14(21(22,23)24)13-16(15)28-19)9-4-12-29(20)17-5-2-3-6-18(17)30-25-10-11-26-30/h2-3,5,7-8,10-11,13H,4,9,12H2,1H3,(H,27,28)/t20-/m0/s1. The highest BCUT2D eigenvalue weighted by atomic mass is 19.4. The molecule has 1 fully saturated rings. The number of rotatable bonds is 3. The number of nitrogens with one attached hydrogen (secondary N) is 1. The van der Waals surface area contributed by atoms with Gasteiger partial charge in [-0.1, -0.05) is 12.1 Å². The molecule has 0 spiro atoms. The molecule has 5 rings (SSSR count). The number of fused-ring (bicyclic) bond motifs is 1. The Morgan fingerprint density at radius 2 is 1.97 bits per heavy atom. The normalized spacial score (nSPS) is 19.7. The average Bonchev–Trinajstić information content (AvgIpc) is 3.46. The molecule has 0 saturated carbocycles. The van der Waals surface area contributed by atoms with E-state index in [0.717, 1.165) is 37.2 Å². The summed E-state index contributed by atoms with van der Waals surface area (Å²) in [4.78, 5) is 11.5. The Morgan fingerprint density at radius 3 is 2.73 bits per heavy atom. The molecular formula is C21H18F3N6. The zero-order valence-corrected chi connectivity index (χ0v) is 16.1. The van der Waals surface area contributed by atoms with Crippen molar-refractivity contribution in [1.29, 1.82) is 0 Å². The fourth-order valence-corrected chi connectivity index (χ4v) is 4.16. The lowest BCUT2D eigenvalue weighted by molar-refractivity contribution is -0.137. The third kappa shape index (κ3) is 2.92.